The molecule has 0 bridgehead atoms. The van der Waals surface area contributed by atoms with E-state index in [9.17, 15) is 0 Å². The Bertz CT molecular complexity index is 185. The van der Waals surface area contributed by atoms with Gasteiger partial charge in [-0.1, -0.05) is 39.5 Å². The van der Waals surface area contributed by atoms with Gasteiger partial charge < -0.3 is 5.73 Å². The highest BCUT2D eigenvalue weighted by molar-refractivity contribution is 7.64. The van der Waals surface area contributed by atoms with Crippen molar-refractivity contribution >= 4 is 39.2 Å². The molecule has 104 valence electrons. The molecule has 0 amide bonds. The van der Waals surface area contributed by atoms with Crippen LogP contribution in [0.1, 0.15) is 52.4 Å². The minimum atomic E-state index is -2.42. The van der Waals surface area contributed by atoms with Crippen molar-refractivity contribution in [2.24, 2.45) is 17.6 Å². The van der Waals surface area contributed by atoms with Crippen LogP contribution in [0.15, 0.2) is 0 Å². The van der Waals surface area contributed by atoms with Gasteiger partial charge in [0.1, 0.15) is 0 Å². The maximum absolute atomic E-state index is 5.93. The van der Waals surface area contributed by atoms with E-state index in [0.717, 1.165) is 31.3 Å². The number of halogens is 3. The molecule has 0 aliphatic rings. The molecule has 0 rings (SSSR count). The minimum absolute atomic E-state index is 0.713. The summed E-state index contributed by atoms with van der Waals surface area (Å²) in [6.45, 7) is 5.28. The van der Waals surface area contributed by atoms with Crippen LogP contribution in [0.25, 0.3) is 0 Å². The van der Waals surface area contributed by atoms with Crippen LogP contribution in [0.2, 0.25) is 6.04 Å². The van der Waals surface area contributed by atoms with E-state index in [-0.39, 0.29) is 0 Å². The standard InChI is InChI=1S/C12H26Cl3NSi/c1-3-11(7-9-16)5-6-12(4-2)8-10-17(13,14)15/h11-12H,3-10,16H2,1-2H3. The average molecular weight is 319 g/mol. The van der Waals surface area contributed by atoms with Gasteiger partial charge in [0.25, 0.3) is 0 Å². The second-order valence-corrected chi connectivity index (χ2v) is 14.1. The van der Waals surface area contributed by atoms with Crippen molar-refractivity contribution < 1.29 is 0 Å². The van der Waals surface area contributed by atoms with Gasteiger partial charge in [0.15, 0.2) is 0 Å². The normalized spacial score (nSPS) is 15.9. The molecule has 2 unspecified atom stereocenters. The zero-order valence-corrected chi connectivity index (χ0v) is 14.3. The van der Waals surface area contributed by atoms with Gasteiger partial charge in [0, 0.05) is 0 Å². The van der Waals surface area contributed by atoms with Gasteiger partial charge in [-0.3, -0.25) is 0 Å². The van der Waals surface area contributed by atoms with Crippen LogP contribution in [-0.4, -0.2) is 12.5 Å². The van der Waals surface area contributed by atoms with Crippen LogP contribution >= 0.6 is 33.2 Å². The van der Waals surface area contributed by atoms with Crippen molar-refractivity contribution in [2.75, 3.05) is 6.54 Å². The third-order valence-corrected chi connectivity index (χ3v) is 6.11. The Morgan fingerprint density at radius 1 is 0.882 bits per heavy atom. The SMILES string of the molecule is CCC(CCN)CCC(CC)CC[Si](Cl)(Cl)Cl. The molecule has 2 atom stereocenters. The number of hydrogen-bond acceptors (Lipinski definition) is 1. The monoisotopic (exact) mass is 317 g/mol. The van der Waals surface area contributed by atoms with Gasteiger partial charge in [-0.2, -0.15) is 0 Å². The molecule has 0 aromatic rings. The summed E-state index contributed by atoms with van der Waals surface area (Å²) in [5.41, 5.74) is 5.61. The molecule has 0 saturated heterocycles. The van der Waals surface area contributed by atoms with Crippen LogP contribution in [0.3, 0.4) is 0 Å². The summed E-state index contributed by atoms with van der Waals surface area (Å²) in [5.74, 6) is 1.49. The smallest absolute Gasteiger partial charge is 0.330 e. The van der Waals surface area contributed by atoms with Crippen molar-refractivity contribution in [2.45, 2.75) is 58.4 Å². The van der Waals surface area contributed by atoms with E-state index in [2.05, 4.69) is 13.8 Å². The molecule has 0 radical (unpaired) electrons. The Balaban J connectivity index is 3.88. The lowest BCUT2D eigenvalue weighted by Crippen LogP contribution is -2.13. The molecule has 0 spiro atoms. The summed E-state index contributed by atoms with van der Waals surface area (Å²) in [4.78, 5) is 0. The zero-order valence-electron chi connectivity index (χ0n) is 11.0. The Labute approximate surface area is 122 Å². The number of hydrogen-bond donors (Lipinski definition) is 1. The summed E-state index contributed by atoms with van der Waals surface area (Å²) < 4.78 is 0. The van der Waals surface area contributed by atoms with E-state index in [0.29, 0.717) is 5.92 Å². The molecule has 0 aliphatic carbocycles. The highest BCUT2D eigenvalue weighted by atomic mass is 35.8. The van der Waals surface area contributed by atoms with Crippen LogP contribution < -0.4 is 5.73 Å². The predicted molar refractivity (Wildman–Crippen MR) is 83.2 cm³/mol. The Morgan fingerprint density at radius 3 is 1.71 bits per heavy atom. The molecule has 0 aromatic carbocycles. The van der Waals surface area contributed by atoms with Gasteiger partial charge in [-0.05, 0) is 37.3 Å². The first kappa shape index (κ1) is 18.0. The molecule has 5 heteroatoms. The van der Waals surface area contributed by atoms with Gasteiger partial charge in [0.2, 0.25) is 0 Å². The van der Waals surface area contributed by atoms with Crippen molar-refractivity contribution in [1.29, 1.82) is 0 Å². The quantitative estimate of drug-likeness (QED) is 0.434. The van der Waals surface area contributed by atoms with Crippen molar-refractivity contribution in [3.8, 4) is 0 Å². The molecule has 0 saturated carbocycles. The van der Waals surface area contributed by atoms with E-state index in [1.165, 1.54) is 25.7 Å². The van der Waals surface area contributed by atoms with Crippen molar-refractivity contribution in [3.63, 3.8) is 0 Å². The summed E-state index contributed by atoms with van der Waals surface area (Å²) >= 11 is 17.8. The lowest BCUT2D eigenvalue weighted by molar-refractivity contribution is 0.358. The minimum Gasteiger partial charge on any atom is -0.330 e. The van der Waals surface area contributed by atoms with Gasteiger partial charge in [0.05, 0.1) is 0 Å². The van der Waals surface area contributed by atoms with Gasteiger partial charge in [-0.25, -0.2) is 0 Å². The van der Waals surface area contributed by atoms with Crippen LogP contribution in [0.4, 0.5) is 0 Å². The summed E-state index contributed by atoms with van der Waals surface area (Å²) in [6.07, 6.45) is 7.16. The first-order valence-electron chi connectivity index (χ1n) is 6.69. The summed E-state index contributed by atoms with van der Waals surface area (Å²) in [7, 11) is 0. The van der Waals surface area contributed by atoms with E-state index in [4.69, 9.17) is 39.0 Å². The topological polar surface area (TPSA) is 26.0 Å². The van der Waals surface area contributed by atoms with Gasteiger partial charge in [-0.15, -0.1) is 33.2 Å². The first-order valence-corrected chi connectivity index (χ1v) is 11.9. The molecule has 0 aromatic heterocycles. The fraction of sp³-hybridized carbons (Fsp3) is 1.00. The maximum Gasteiger partial charge on any atom is 0.341 e. The molecular formula is C12H26Cl3NSi. The van der Waals surface area contributed by atoms with Crippen molar-refractivity contribution in [1.82, 2.24) is 0 Å². The third-order valence-electron chi connectivity index (χ3n) is 3.55. The highest BCUT2D eigenvalue weighted by Crippen LogP contribution is 2.31. The second-order valence-electron chi connectivity index (χ2n) is 4.86. The fourth-order valence-electron chi connectivity index (χ4n) is 2.18. The average Bonchev–Trinajstić information content (AvgIpc) is 2.26. The number of rotatable bonds is 10. The zero-order chi connectivity index (χ0) is 13.3. The molecule has 1 nitrogen and oxygen atoms in total. The molecule has 0 heterocycles. The van der Waals surface area contributed by atoms with E-state index in [1.54, 1.807) is 0 Å². The van der Waals surface area contributed by atoms with E-state index >= 15 is 0 Å². The fourth-order valence-corrected chi connectivity index (χ4v) is 3.90. The molecule has 2 N–H and O–H groups in total. The third kappa shape index (κ3) is 10.6. The molecule has 0 fully saturated rings. The maximum atomic E-state index is 5.93. The Kier molecular flexibility index (Phi) is 10.5. The molecule has 17 heavy (non-hydrogen) atoms. The van der Waals surface area contributed by atoms with Crippen molar-refractivity contribution in [3.05, 3.63) is 0 Å². The predicted octanol–water partition coefficient (Wildman–Crippen LogP) is 5.21. The Hall–Kier alpha value is 1.05. The summed E-state index contributed by atoms with van der Waals surface area (Å²) in [5, 5.41) is 0. The second kappa shape index (κ2) is 9.91. The van der Waals surface area contributed by atoms with Crippen LogP contribution in [0.5, 0.6) is 0 Å². The molecular weight excluding hydrogens is 293 g/mol. The van der Waals surface area contributed by atoms with Gasteiger partial charge >= 0.3 is 6.00 Å². The lowest BCUT2D eigenvalue weighted by Gasteiger charge is -2.20. The highest BCUT2D eigenvalue weighted by Gasteiger charge is 2.25. The van der Waals surface area contributed by atoms with E-state index < -0.39 is 6.00 Å². The number of nitrogens with two attached hydrogens (primary N) is 1. The first-order chi connectivity index (χ1) is 7.92. The lowest BCUT2D eigenvalue weighted by atomic mass is 9.89. The summed E-state index contributed by atoms with van der Waals surface area (Å²) in [6, 6.07) is -1.62. The van der Waals surface area contributed by atoms with E-state index in [1.807, 2.05) is 0 Å². The van der Waals surface area contributed by atoms with Crippen LogP contribution in [0, 0.1) is 11.8 Å². The largest absolute Gasteiger partial charge is 0.341 e. The molecule has 0 aliphatic heterocycles. The van der Waals surface area contributed by atoms with Crippen LogP contribution in [-0.2, 0) is 0 Å². The Morgan fingerprint density at radius 2 is 1.35 bits per heavy atom.